The van der Waals surface area contributed by atoms with Crippen LogP contribution in [0.25, 0.3) is 11.3 Å². The van der Waals surface area contributed by atoms with E-state index in [9.17, 15) is 4.79 Å². The lowest BCUT2D eigenvalue weighted by atomic mass is 9.92. The fourth-order valence-electron chi connectivity index (χ4n) is 3.15. The minimum Gasteiger partial charge on any atom is -0.356 e. The molecule has 0 fully saturated rings. The Labute approximate surface area is 162 Å². The third kappa shape index (κ3) is 2.90. The third-order valence-electron chi connectivity index (χ3n) is 4.34. The zero-order chi connectivity index (χ0) is 18.2. The number of para-hydroxylation sites is 1. The number of nitrogens with zero attached hydrogens (tertiary/aromatic N) is 3. The highest BCUT2D eigenvalue weighted by atomic mass is 32.1. The van der Waals surface area contributed by atoms with Gasteiger partial charge in [-0.3, -0.25) is 10.1 Å². The molecule has 0 saturated carbocycles. The molecule has 1 amide bonds. The molecule has 9 heteroatoms. The number of aromatic nitrogens is 3. The van der Waals surface area contributed by atoms with Crippen LogP contribution < -0.4 is 10.6 Å². The quantitative estimate of drug-likeness (QED) is 0.534. The Morgan fingerprint density at radius 3 is 2.89 bits per heavy atom. The van der Waals surface area contributed by atoms with E-state index in [4.69, 9.17) is 4.52 Å². The summed E-state index contributed by atoms with van der Waals surface area (Å²) in [4.78, 5) is 13.5. The number of carbonyl (C=O) groups is 1. The highest BCUT2D eigenvalue weighted by molar-refractivity contribution is 7.19. The monoisotopic (exact) mass is 395 g/mol. The van der Waals surface area contributed by atoms with E-state index in [1.807, 2.05) is 30.3 Å². The van der Waals surface area contributed by atoms with E-state index in [1.165, 1.54) is 22.7 Å². The molecule has 0 saturated heterocycles. The number of nitrogens with one attached hydrogen (secondary N) is 2. The minimum absolute atomic E-state index is 0.183. The minimum atomic E-state index is -0.183. The van der Waals surface area contributed by atoms with Gasteiger partial charge in [-0.15, -0.1) is 21.5 Å². The Morgan fingerprint density at radius 2 is 2.07 bits per heavy atom. The fraction of sp³-hybridized carbons (Fsp3) is 0.111. The van der Waals surface area contributed by atoms with Gasteiger partial charge >= 0.3 is 0 Å². The second-order valence-electron chi connectivity index (χ2n) is 5.98. The van der Waals surface area contributed by atoms with Crippen molar-refractivity contribution in [3.05, 3.63) is 58.0 Å². The predicted molar refractivity (Wildman–Crippen MR) is 105 cm³/mol. The summed E-state index contributed by atoms with van der Waals surface area (Å²) in [7, 11) is 0. The molecule has 0 aliphatic heterocycles. The molecule has 27 heavy (non-hydrogen) atoms. The van der Waals surface area contributed by atoms with Crippen LogP contribution in [-0.2, 0) is 12.8 Å². The van der Waals surface area contributed by atoms with E-state index < -0.39 is 0 Å². The van der Waals surface area contributed by atoms with Crippen molar-refractivity contribution in [2.24, 2.45) is 0 Å². The number of hydrogen-bond donors (Lipinski definition) is 2. The van der Waals surface area contributed by atoms with Gasteiger partial charge in [-0.25, -0.2) is 0 Å². The first-order valence-corrected chi connectivity index (χ1v) is 9.98. The number of carbonyl (C=O) groups excluding carboxylic acids is 1. The molecule has 134 valence electrons. The summed E-state index contributed by atoms with van der Waals surface area (Å²) in [6.45, 7) is 0. The van der Waals surface area contributed by atoms with E-state index in [0.717, 1.165) is 46.0 Å². The van der Waals surface area contributed by atoms with Crippen LogP contribution in [0.4, 0.5) is 15.8 Å². The Hall–Kier alpha value is -3.04. The van der Waals surface area contributed by atoms with Crippen LogP contribution >= 0.6 is 22.7 Å². The summed E-state index contributed by atoms with van der Waals surface area (Å²) < 4.78 is 5.52. The van der Waals surface area contributed by atoms with Crippen molar-refractivity contribution in [2.75, 3.05) is 10.6 Å². The van der Waals surface area contributed by atoms with E-state index >= 15 is 0 Å². The van der Waals surface area contributed by atoms with Gasteiger partial charge in [0.2, 0.25) is 5.13 Å². The van der Waals surface area contributed by atoms with E-state index in [1.54, 1.807) is 11.7 Å². The van der Waals surface area contributed by atoms with Crippen LogP contribution in [0.1, 0.15) is 20.8 Å². The molecule has 0 unspecified atom stereocenters. The highest BCUT2D eigenvalue weighted by Gasteiger charge is 2.31. The number of fused-ring (bicyclic) bond motifs is 3. The summed E-state index contributed by atoms with van der Waals surface area (Å²) in [6.07, 6.45) is 3.31. The molecular formula is C18H13N5O2S2. The molecule has 1 aliphatic rings. The lowest BCUT2D eigenvalue weighted by Gasteiger charge is -2.13. The van der Waals surface area contributed by atoms with Crippen LogP contribution in [0.2, 0.25) is 0 Å². The van der Waals surface area contributed by atoms with Gasteiger partial charge < -0.3 is 9.84 Å². The molecule has 0 bridgehead atoms. The Morgan fingerprint density at radius 1 is 1.19 bits per heavy atom. The highest BCUT2D eigenvalue weighted by Crippen LogP contribution is 2.46. The third-order valence-corrected chi connectivity index (χ3v) is 6.09. The molecule has 0 atom stereocenters. The van der Waals surface area contributed by atoms with Crippen molar-refractivity contribution in [1.82, 2.24) is 15.4 Å². The van der Waals surface area contributed by atoms with Crippen LogP contribution in [0.5, 0.6) is 0 Å². The SMILES string of the molecule is O=C(Nc1nncs1)c1sc(Nc2ccccc2)c2c1CCc1cnoc1-2. The fourth-order valence-corrected chi connectivity index (χ4v) is 4.76. The number of thiophene rings is 1. The largest absolute Gasteiger partial charge is 0.356 e. The molecule has 2 N–H and O–H groups in total. The summed E-state index contributed by atoms with van der Waals surface area (Å²) in [6, 6.07) is 9.86. The maximum atomic E-state index is 12.9. The van der Waals surface area contributed by atoms with E-state index in [2.05, 4.69) is 26.0 Å². The number of aryl methyl sites for hydroxylation is 1. The lowest BCUT2D eigenvalue weighted by Crippen LogP contribution is -2.13. The first-order chi connectivity index (χ1) is 13.3. The van der Waals surface area contributed by atoms with Crippen molar-refractivity contribution >= 4 is 44.4 Å². The maximum Gasteiger partial charge on any atom is 0.267 e. The summed E-state index contributed by atoms with van der Waals surface area (Å²) in [5.74, 6) is 0.554. The van der Waals surface area contributed by atoms with Crippen molar-refractivity contribution in [2.45, 2.75) is 12.8 Å². The zero-order valence-electron chi connectivity index (χ0n) is 13.9. The van der Waals surface area contributed by atoms with Gasteiger partial charge in [0.25, 0.3) is 5.91 Å². The van der Waals surface area contributed by atoms with E-state index in [-0.39, 0.29) is 5.91 Å². The Balaban J connectivity index is 1.59. The molecule has 3 aromatic heterocycles. The van der Waals surface area contributed by atoms with Gasteiger partial charge in [0.1, 0.15) is 10.5 Å². The number of hydrogen-bond acceptors (Lipinski definition) is 8. The molecular weight excluding hydrogens is 382 g/mol. The first kappa shape index (κ1) is 16.2. The second-order valence-corrected chi connectivity index (χ2v) is 7.84. The smallest absolute Gasteiger partial charge is 0.267 e. The summed E-state index contributed by atoms with van der Waals surface area (Å²) >= 11 is 2.70. The number of anilines is 3. The van der Waals surface area contributed by atoms with Gasteiger partial charge in [0, 0.05) is 11.3 Å². The van der Waals surface area contributed by atoms with Crippen LogP contribution in [0.3, 0.4) is 0 Å². The number of amides is 1. The zero-order valence-corrected chi connectivity index (χ0v) is 15.6. The summed E-state index contributed by atoms with van der Waals surface area (Å²) in [5.41, 5.74) is 5.49. The predicted octanol–water partition coefficient (Wildman–Crippen LogP) is 4.35. The molecule has 4 aromatic rings. The van der Waals surface area contributed by atoms with Crippen LogP contribution in [0, 0.1) is 0 Å². The maximum absolute atomic E-state index is 12.9. The molecule has 0 spiro atoms. The van der Waals surface area contributed by atoms with Crippen LogP contribution in [0.15, 0.2) is 46.6 Å². The van der Waals surface area contributed by atoms with Gasteiger partial charge in [-0.05, 0) is 30.5 Å². The molecule has 1 aromatic carbocycles. The van der Waals surface area contributed by atoms with Gasteiger partial charge in [0.05, 0.1) is 16.6 Å². The van der Waals surface area contributed by atoms with Crippen molar-refractivity contribution in [3.8, 4) is 11.3 Å². The molecule has 1 aliphatic carbocycles. The molecule has 5 rings (SSSR count). The average molecular weight is 395 g/mol. The number of rotatable bonds is 4. The second kappa shape index (κ2) is 6.60. The van der Waals surface area contributed by atoms with Gasteiger partial charge in [-0.1, -0.05) is 34.7 Å². The number of benzene rings is 1. The molecule has 7 nitrogen and oxygen atoms in total. The topological polar surface area (TPSA) is 92.9 Å². The standard InChI is InChI=1S/C18H13N5O2S2/c24-16(22-18-23-19-9-26-18)15-12-7-6-10-8-20-25-14(10)13(12)17(27-15)21-11-4-2-1-3-5-11/h1-5,8-9,21H,6-7H2,(H,22,23,24). The van der Waals surface area contributed by atoms with Gasteiger partial charge in [0.15, 0.2) is 5.76 Å². The van der Waals surface area contributed by atoms with E-state index in [0.29, 0.717) is 10.0 Å². The van der Waals surface area contributed by atoms with Gasteiger partial charge in [-0.2, -0.15) is 0 Å². The normalized spacial score (nSPS) is 12.3. The van der Waals surface area contributed by atoms with Crippen molar-refractivity contribution < 1.29 is 9.32 Å². The average Bonchev–Trinajstić information content (AvgIpc) is 3.41. The van der Waals surface area contributed by atoms with Crippen LogP contribution in [-0.4, -0.2) is 21.3 Å². The molecule has 3 heterocycles. The Kier molecular flexibility index (Phi) is 3.95. The Bertz CT molecular complexity index is 1100. The van der Waals surface area contributed by atoms with Crippen molar-refractivity contribution in [3.63, 3.8) is 0 Å². The van der Waals surface area contributed by atoms with Crippen molar-refractivity contribution in [1.29, 1.82) is 0 Å². The summed E-state index contributed by atoms with van der Waals surface area (Å²) in [5, 5.41) is 19.2. The molecule has 0 radical (unpaired) electrons. The first-order valence-electron chi connectivity index (χ1n) is 8.29. The lowest BCUT2D eigenvalue weighted by molar-refractivity contribution is 0.102.